The van der Waals surface area contributed by atoms with Crippen LogP contribution in [0.15, 0.2) is 36.4 Å². The summed E-state index contributed by atoms with van der Waals surface area (Å²) >= 11 is 1.28. The molecule has 0 saturated heterocycles. The van der Waals surface area contributed by atoms with Crippen molar-refractivity contribution in [3.63, 3.8) is 0 Å². The first-order chi connectivity index (χ1) is 13.3. The van der Waals surface area contributed by atoms with Crippen LogP contribution in [0.4, 0.5) is 0 Å². The summed E-state index contributed by atoms with van der Waals surface area (Å²) in [6, 6.07) is 11.5. The van der Waals surface area contributed by atoms with Gasteiger partial charge in [-0.3, -0.25) is 29.9 Å². The largest absolute Gasteiger partial charge is 0.346 e. The summed E-state index contributed by atoms with van der Waals surface area (Å²) in [6.45, 7) is 5.96. The number of rotatable bonds is 4. The number of nitrogens with one attached hydrogen (secondary N) is 3. The Morgan fingerprint density at radius 1 is 1.11 bits per heavy atom. The number of fused-ring (bicyclic) bond motifs is 1. The normalized spacial score (nSPS) is 10.9. The number of aromatic nitrogens is 2. The van der Waals surface area contributed by atoms with Gasteiger partial charge in [0.05, 0.1) is 17.1 Å². The second-order valence-corrected chi connectivity index (χ2v) is 7.63. The van der Waals surface area contributed by atoms with Crippen molar-refractivity contribution in [2.24, 2.45) is 0 Å². The minimum absolute atomic E-state index is 0.174. The fourth-order valence-corrected chi connectivity index (χ4v) is 3.70. The van der Waals surface area contributed by atoms with Crippen LogP contribution in [-0.2, 0) is 16.1 Å². The molecule has 0 atom stereocenters. The zero-order chi connectivity index (χ0) is 20.3. The lowest BCUT2D eigenvalue weighted by molar-refractivity contribution is -0.139. The van der Waals surface area contributed by atoms with Crippen molar-refractivity contribution in [3.8, 4) is 0 Å². The molecule has 3 N–H and O–H groups in total. The summed E-state index contributed by atoms with van der Waals surface area (Å²) in [5, 5.41) is 7.88. The average molecular weight is 399 g/mol. The third-order valence-corrected chi connectivity index (χ3v) is 5.07. The fraction of sp³-hybridized carbons (Fsp3) is 0.263. The maximum Gasteiger partial charge on any atom is 0.327 e. The summed E-state index contributed by atoms with van der Waals surface area (Å²) < 4.78 is 1.86. The highest BCUT2D eigenvalue weighted by Crippen LogP contribution is 2.28. The monoisotopic (exact) mass is 399 g/mol. The number of amides is 3. The van der Waals surface area contributed by atoms with Gasteiger partial charge in [0.15, 0.2) is 0 Å². The first-order valence-electron chi connectivity index (χ1n) is 8.77. The Kier molecular flexibility index (Phi) is 5.74. The van der Waals surface area contributed by atoms with Gasteiger partial charge >= 0.3 is 11.8 Å². The summed E-state index contributed by atoms with van der Waals surface area (Å²) in [7, 11) is 0. The molecule has 8 nitrogen and oxygen atoms in total. The molecule has 0 saturated carbocycles. The molecule has 0 spiro atoms. The Labute approximate surface area is 165 Å². The third-order valence-electron chi connectivity index (χ3n) is 3.92. The van der Waals surface area contributed by atoms with Crippen LogP contribution in [-0.4, -0.2) is 33.5 Å². The Balaban J connectivity index is 1.71. The highest BCUT2D eigenvalue weighted by molar-refractivity contribution is 7.20. The van der Waals surface area contributed by atoms with Crippen LogP contribution < -0.4 is 16.2 Å². The number of nitrogens with zero attached hydrogens (tertiary/aromatic N) is 2. The van der Waals surface area contributed by atoms with Gasteiger partial charge in [-0.05, 0) is 32.4 Å². The lowest BCUT2D eigenvalue weighted by Crippen LogP contribution is -2.49. The van der Waals surface area contributed by atoms with Gasteiger partial charge in [-0.1, -0.05) is 30.3 Å². The molecule has 0 unspecified atom stereocenters. The number of hydrogen-bond donors (Lipinski definition) is 3. The molecule has 0 fully saturated rings. The number of thiophene rings is 1. The SMILES string of the molecule is Cc1nn(Cc2ccccc2)c2sc(C(=O)NNC(=O)C(=O)NC(C)C)cc12. The van der Waals surface area contributed by atoms with E-state index in [1.54, 1.807) is 19.9 Å². The van der Waals surface area contributed by atoms with E-state index in [2.05, 4.69) is 21.3 Å². The van der Waals surface area contributed by atoms with Crippen molar-refractivity contribution in [2.75, 3.05) is 0 Å². The minimum Gasteiger partial charge on any atom is -0.346 e. The van der Waals surface area contributed by atoms with Crippen LogP contribution in [0.2, 0.25) is 0 Å². The van der Waals surface area contributed by atoms with Gasteiger partial charge in [0.2, 0.25) is 0 Å². The molecule has 2 aromatic heterocycles. The molecule has 3 aromatic rings. The van der Waals surface area contributed by atoms with Gasteiger partial charge in [0.1, 0.15) is 4.83 Å². The van der Waals surface area contributed by atoms with E-state index in [9.17, 15) is 14.4 Å². The van der Waals surface area contributed by atoms with Crippen molar-refractivity contribution < 1.29 is 14.4 Å². The highest BCUT2D eigenvalue weighted by atomic mass is 32.1. The Bertz CT molecular complexity index is 1020. The molecule has 146 valence electrons. The molecule has 3 rings (SSSR count). The zero-order valence-electron chi connectivity index (χ0n) is 15.8. The van der Waals surface area contributed by atoms with Crippen molar-refractivity contribution in [3.05, 3.63) is 52.5 Å². The number of benzene rings is 1. The van der Waals surface area contributed by atoms with Crippen molar-refractivity contribution >= 4 is 39.3 Å². The Hall–Kier alpha value is -3.20. The zero-order valence-corrected chi connectivity index (χ0v) is 16.6. The predicted molar refractivity (Wildman–Crippen MR) is 107 cm³/mol. The molecule has 9 heteroatoms. The molecule has 1 aromatic carbocycles. The number of carbonyl (C=O) groups excluding carboxylic acids is 3. The molecule has 0 aliphatic heterocycles. The van der Waals surface area contributed by atoms with Gasteiger partial charge in [-0.25, -0.2) is 0 Å². The number of hydrazine groups is 1. The van der Waals surface area contributed by atoms with E-state index < -0.39 is 17.7 Å². The van der Waals surface area contributed by atoms with Gasteiger partial charge in [0, 0.05) is 11.4 Å². The van der Waals surface area contributed by atoms with Crippen LogP contribution in [0.3, 0.4) is 0 Å². The van der Waals surface area contributed by atoms with E-state index >= 15 is 0 Å². The van der Waals surface area contributed by atoms with Crippen LogP contribution in [0.1, 0.15) is 34.8 Å². The van der Waals surface area contributed by atoms with Crippen LogP contribution >= 0.6 is 11.3 Å². The van der Waals surface area contributed by atoms with Crippen LogP contribution in [0.25, 0.3) is 10.2 Å². The lowest BCUT2D eigenvalue weighted by atomic mass is 10.2. The predicted octanol–water partition coefficient (Wildman–Crippen LogP) is 1.74. The molecule has 28 heavy (non-hydrogen) atoms. The molecular formula is C19H21N5O3S. The molecule has 0 radical (unpaired) electrons. The topological polar surface area (TPSA) is 105 Å². The van der Waals surface area contributed by atoms with Gasteiger partial charge in [-0.15, -0.1) is 11.3 Å². The average Bonchev–Trinajstić information content (AvgIpc) is 3.21. The van der Waals surface area contributed by atoms with E-state index in [0.29, 0.717) is 11.4 Å². The van der Waals surface area contributed by atoms with E-state index in [0.717, 1.165) is 21.5 Å². The molecule has 0 bridgehead atoms. The lowest BCUT2D eigenvalue weighted by Gasteiger charge is -2.09. The fourth-order valence-electron chi connectivity index (χ4n) is 2.65. The smallest absolute Gasteiger partial charge is 0.327 e. The summed E-state index contributed by atoms with van der Waals surface area (Å²) in [4.78, 5) is 36.9. The number of aryl methyl sites for hydroxylation is 1. The number of carbonyl (C=O) groups is 3. The summed E-state index contributed by atoms with van der Waals surface area (Å²) in [5.41, 5.74) is 6.33. The Morgan fingerprint density at radius 3 is 2.50 bits per heavy atom. The second kappa shape index (κ2) is 8.22. The molecule has 2 heterocycles. The summed E-state index contributed by atoms with van der Waals surface area (Å²) in [5.74, 6) is -2.21. The van der Waals surface area contributed by atoms with Crippen molar-refractivity contribution in [1.29, 1.82) is 0 Å². The van der Waals surface area contributed by atoms with Crippen LogP contribution in [0.5, 0.6) is 0 Å². The van der Waals surface area contributed by atoms with E-state index in [1.165, 1.54) is 11.3 Å². The molecular weight excluding hydrogens is 378 g/mol. The van der Waals surface area contributed by atoms with Gasteiger partial charge < -0.3 is 5.32 Å². The van der Waals surface area contributed by atoms with Crippen LogP contribution in [0, 0.1) is 6.92 Å². The van der Waals surface area contributed by atoms with Crippen molar-refractivity contribution in [2.45, 2.75) is 33.4 Å². The van der Waals surface area contributed by atoms with Gasteiger partial charge in [-0.2, -0.15) is 5.10 Å². The molecule has 3 amide bonds. The van der Waals surface area contributed by atoms with Crippen molar-refractivity contribution in [1.82, 2.24) is 25.9 Å². The second-order valence-electron chi connectivity index (χ2n) is 6.59. The van der Waals surface area contributed by atoms with E-state index in [4.69, 9.17) is 0 Å². The van der Waals surface area contributed by atoms with E-state index in [1.807, 2.05) is 41.9 Å². The standard InChI is InChI=1S/C19H21N5O3S/c1-11(2)20-17(26)18(27)22-21-16(25)15-9-14-12(3)23-24(19(14)28-15)10-13-7-5-4-6-8-13/h4-9,11H,10H2,1-3H3,(H,20,26)(H,21,25)(H,22,27). The molecule has 0 aliphatic rings. The Morgan fingerprint density at radius 2 is 1.82 bits per heavy atom. The van der Waals surface area contributed by atoms with Gasteiger partial charge in [0.25, 0.3) is 5.91 Å². The van der Waals surface area contributed by atoms with E-state index in [-0.39, 0.29) is 6.04 Å². The molecule has 0 aliphatic carbocycles. The quantitative estimate of drug-likeness (QED) is 0.459. The summed E-state index contributed by atoms with van der Waals surface area (Å²) in [6.07, 6.45) is 0. The first-order valence-corrected chi connectivity index (χ1v) is 9.59. The maximum absolute atomic E-state index is 12.4. The first kappa shape index (κ1) is 19.6. The third kappa shape index (κ3) is 4.37. The number of hydrogen-bond acceptors (Lipinski definition) is 5. The highest BCUT2D eigenvalue weighted by Gasteiger charge is 2.19. The minimum atomic E-state index is -0.922. The maximum atomic E-state index is 12.4.